The van der Waals surface area contributed by atoms with E-state index in [1.54, 1.807) is 0 Å². The Balaban J connectivity index is -0.0000000112. The standard InChI is InChI=1S/Mn.2NO3.3H2O/c;2*2-1(3)4;;;/h;;;3*1H2/q+2;2*-1;;;. The molecule has 0 aromatic heterocycles. The number of hydrogen-bond acceptors (Lipinski definition) is 6. The van der Waals surface area contributed by atoms with Gasteiger partial charge < -0.3 is 47.1 Å². The van der Waals surface area contributed by atoms with Crippen LogP contribution >= 0.6 is 0 Å². The molecule has 11 nitrogen and oxygen atoms in total. The fraction of sp³-hybridized carbons (Fsp3) is 0. The molecule has 0 aliphatic carbocycles. The molecule has 6 N–H and O–H groups in total. The molecule has 0 fully saturated rings. The predicted molar refractivity (Wildman–Crippen MR) is 31.6 cm³/mol. The van der Waals surface area contributed by atoms with E-state index in [2.05, 4.69) is 0 Å². The van der Waals surface area contributed by atoms with Crippen LogP contribution in [0, 0.1) is 30.6 Å². The van der Waals surface area contributed by atoms with Gasteiger partial charge in [0.2, 0.25) is 0 Å². The Kier molecular flexibility index (Phi) is 124. The van der Waals surface area contributed by atoms with Crippen LogP contribution in [0.2, 0.25) is 0 Å². The van der Waals surface area contributed by atoms with E-state index in [1.807, 2.05) is 0 Å². The van der Waals surface area contributed by atoms with Crippen molar-refractivity contribution in [3.05, 3.63) is 30.6 Å². The molecule has 1 radical (unpaired) electrons. The second-order valence-electron chi connectivity index (χ2n) is 0.447. The Bertz CT molecular complexity index is 70.5. The van der Waals surface area contributed by atoms with Gasteiger partial charge in [-0.15, -0.1) is 0 Å². The van der Waals surface area contributed by atoms with E-state index in [1.165, 1.54) is 0 Å². The van der Waals surface area contributed by atoms with Gasteiger partial charge in [-0.1, -0.05) is 0 Å². The van der Waals surface area contributed by atoms with Gasteiger partial charge in [-0.05, 0) is 0 Å². The van der Waals surface area contributed by atoms with E-state index in [0.717, 1.165) is 0 Å². The summed E-state index contributed by atoms with van der Waals surface area (Å²) < 4.78 is 0. The zero-order valence-corrected chi connectivity index (χ0v) is 6.40. The normalized spacial score (nSPS) is 4.00. The van der Waals surface area contributed by atoms with Gasteiger partial charge in [0.05, 0.1) is 10.2 Å². The molecule has 0 aliphatic rings. The van der Waals surface area contributed by atoms with E-state index in [9.17, 15) is 0 Å². The van der Waals surface area contributed by atoms with Crippen molar-refractivity contribution in [3.8, 4) is 0 Å². The van der Waals surface area contributed by atoms with Crippen molar-refractivity contribution < 1.29 is 43.7 Å². The average Bonchev–Trinajstić information content (AvgIpc) is 1.25. The Morgan fingerprint density at radius 3 is 0.667 bits per heavy atom. The van der Waals surface area contributed by atoms with E-state index in [4.69, 9.17) is 30.6 Å². The van der Waals surface area contributed by atoms with E-state index >= 15 is 0 Å². The van der Waals surface area contributed by atoms with Crippen molar-refractivity contribution in [1.82, 2.24) is 0 Å². The van der Waals surface area contributed by atoms with E-state index in [0.29, 0.717) is 0 Å². The van der Waals surface area contributed by atoms with Crippen LogP contribution in [0.5, 0.6) is 0 Å². The van der Waals surface area contributed by atoms with E-state index < -0.39 is 10.2 Å². The summed E-state index contributed by atoms with van der Waals surface area (Å²) >= 11 is 0. The third-order valence-electron chi connectivity index (χ3n) is 0. The van der Waals surface area contributed by atoms with Crippen LogP contribution in [0.1, 0.15) is 0 Å². The molecule has 0 heterocycles. The minimum absolute atomic E-state index is 0. The maximum absolute atomic E-state index is 8.25. The number of nitrogens with zero attached hydrogens (tertiary/aromatic N) is 2. The predicted octanol–water partition coefficient (Wildman–Crippen LogP) is -2.95. The summed E-state index contributed by atoms with van der Waals surface area (Å²) in [6.07, 6.45) is 0. The van der Waals surface area contributed by atoms with Crippen LogP contribution < -0.4 is 0 Å². The fourth-order valence-corrected chi connectivity index (χ4v) is 0. The third kappa shape index (κ3) is 371. The van der Waals surface area contributed by atoms with Crippen LogP contribution in [0.25, 0.3) is 0 Å². The molecule has 0 saturated carbocycles. The first-order valence-electron chi connectivity index (χ1n) is 1.10. The molecule has 0 unspecified atom stereocenters. The van der Waals surface area contributed by atoms with Crippen molar-refractivity contribution in [1.29, 1.82) is 0 Å². The summed E-state index contributed by atoms with van der Waals surface area (Å²) in [4.78, 5) is 16.5. The van der Waals surface area contributed by atoms with Gasteiger partial charge in [0.1, 0.15) is 0 Å². The minimum atomic E-state index is -1.75. The Hall–Kier alpha value is -1.20. The summed E-state index contributed by atoms with van der Waals surface area (Å²) in [5, 5.41) is 29.5. The third-order valence-corrected chi connectivity index (χ3v) is 0. The van der Waals surface area contributed by atoms with Gasteiger partial charge in [0.25, 0.3) is 0 Å². The first-order valence-corrected chi connectivity index (χ1v) is 1.10. The molecule has 0 aliphatic heterocycles. The van der Waals surface area contributed by atoms with Crippen molar-refractivity contribution in [2.24, 2.45) is 0 Å². The van der Waals surface area contributed by atoms with Gasteiger partial charge in [0.15, 0.2) is 0 Å². The first kappa shape index (κ1) is 45.0. The maximum Gasteiger partial charge on any atom is 2.00 e. The number of hydrogen-bond donors (Lipinski definition) is 0. The fourth-order valence-electron chi connectivity index (χ4n) is 0. The van der Waals surface area contributed by atoms with Crippen LogP contribution in [-0.2, 0) is 17.1 Å². The first-order chi connectivity index (χ1) is 3.46. The van der Waals surface area contributed by atoms with Crippen LogP contribution in [0.3, 0.4) is 0 Å². The van der Waals surface area contributed by atoms with Crippen LogP contribution in [-0.4, -0.2) is 26.6 Å². The summed E-state index contributed by atoms with van der Waals surface area (Å²) in [6, 6.07) is 0. The second kappa shape index (κ2) is 32.9. The molecule has 0 bridgehead atoms. The quantitative estimate of drug-likeness (QED) is 0.240. The molecule has 0 atom stereocenters. The Labute approximate surface area is 75.2 Å². The zero-order valence-electron chi connectivity index (χ0n) is 5.22. The molecular weight excluding hydrogens is 227 g/mol. The average molecular weight is 233 g/mol. The molecule has 0 saturated heterocycles. The van der Waals surface area contributed by atoms with E-state index in [-0.39, 0.29) is 33.5 Å². The molecule has 0 rings (SSSR count). The van der Waals surface area contributed by atoms with Crippen molar-refractivity contribution in [2.45, 2.75) is 0 Å². The summed E-state index contributed by atoms with van der Waals surface area (Å²) in [6.45, 7) is 0. The van der Waals surface area contributed by atoms with Crippen molar-refractivity contribution in [2.75, 3.05) is 0 Å². The Morgan fingerprint density at radius 1 is 0.667 bits per heavy atom. The molecule has 0 aromatic carbocycles. The van der Waals surface area contributed by atoms with Gasteiger partial charge in [-0.2, -0.15) is 0 Å². The zero-order chi connectivity index (χ0) is 7.15. The largest absolute Gasteiger partial charge is 2.00 e. The number of rotatable bonds is 0. The maximum atomic E-state index is 8.25. The van der Waals surface area contributed by atoms with Crippen molar-refractivity contribution >= 4 is 0 Å². The summed E-state index contributed by atoms with van der Waals surface area (Å²) in [5.41, 5.74) is 0. The molecule has 12 heteroatoms. The van der Waals surface area contributed by atoms with Gasteiger partial charge >= 0.3 is 17.1 Å². The van der Waals surface area contributed by atoms with Gasteiger partial charge in [0, 0.05) is 0 Å². The Morgan fingerprint density at radius 2 is 0.667 bits per heavy atom. The minimum Gasteiger partial charge on any atom is -0.412 e. The molecule has 0 spiro atoms. The van der Waals surface area contributed by atoms with Crippen molar-refractivity contribution in [3.63, 3.8) is 0 Å². The molecule has 12 heavy (non-hydrogen) atoms. The molecule has 0 aromatic rings. The monoisotopic (exact) mass is 233 g/mol. The van der Waals surface area contributed by atoms with Crippen LogP contribution in [0.15, 0.2) is 0 Å². The van der Waals surface area contributed by atoms with Gasteiger partial charge in [-0.25, -0.2) is 0 Å². The van der Waals surface area contributed by atoms with Gasteiger partial charge in [-0.3, -0.25) is 0 Å². The summed E-state index contributed by atoms with van der Waals surface area (Å²) in [7, 11) is 0. The summed E-state index contributed by atoms with van der Waals surface area (Å²) in [5.74, 6) is 0. The second-order valence-corrected chi connectivity index (χ2v) is 0.447. The topological polar surface area (TPSA) is 227 Å². The molecule has 77 valence electrons. The molecular formula is H6MnN2O9. The molecule has 0 amide bonds. The SMILES string of the molecule is O.O.O.O=[N+]([O-])[O-].O=[N+]([O-])[O-].[Mn+2]. The smallest absolute Gasteiger partial charge is 0.412 e. The van der Waals surface area contributed by atoms with Crippen LogP contribution in [0.4, 0.5) is 0 Å².